The number of rotatable bonds is 6. The predicted octanol–water partition coefficient (Wildman–Crippen LogP) is 0.121. The van der Waals surface area contributed by atoms with Crippen molar-refractivity contribution in [2.45, 2.75) is 13.8 Å². The monoisotopic (exact) mass is 287 g/mol. The van der Waals surface area contributed by atoms with Gasteiger partial charge in [0, 0.05) is 31.9 Å². The molecule has 19 heavy (non-hydrogen) atoms. The molecule has 0 atom stereocenters. The van der Waals surface area contributed by atoms with Crippen LogP contribution in [-0.2, 0) is 10.0 Å². The Labute approximate surface area is 114 Å². The molecule has 0 saturated heterocycles. The van der Waals surface area contributed by atoms with Crippen LogP contribution in [0.3, 0.4) is 0 Å². The summed E-state index contributed by atoms with van der Waals surface area (Å²) in [6.07, 6.45) is 0. The molecule has 0 unspecified atom stereocenters. The molecule has 108 valence electrons. The van der Waals surface area contributed by atoms with Crippen molar-refractivity contribution in [1.29, 1.82) is 0 Å². The number of hydrogen-bond donors (Lipinski definition) is 2. The zero-order chi connectivity index (χ0) is 14.6. The summed E-state index contributed by atoms with van der Waals surface area (Å²) in [4.78, 5) is 10.5. The van der Waals surface area contributed by atoms with E-state index in [1.54, 1.807) is 0 Å². The molecule has 0 fully saturated rings. The van der Waals surface area contributed by atoms with Gasteiger partial charge in [-0.25, -0.2) is 18.1 Å². The standard InChI is InChI=1S/C11H21N5O2S/c1-8-9(2)14-11(16(4)5)15-10(8)13-6-7-19(17,18)12-3/h12H,6-7H2,1-5H3,(H,13,14,15). The van der Waals surface area contributed by atoms with Crippen molar-refractivity contribution in [1.82, 2.24) is 14.7 Å². The molecule has 0 bridgehead atoms. The molecule has 1 aromatic heterocycles. The Bertz CT molecular complexity index is 542. The van der Waals surface area contributed by atoms with Crippen LogP contribution in [0.25, 0.3) is 0 Å². The third-order valence-corrected chi connectivity index (χ3v) is 4.12. The fourth-order valence-electron chi connectivity index (χ4n) is 1.39. The Morgan fingerprint density at radius 3 is 2.37 bits per heavy atom. The van der Waals surface area contributed by atoms with Gasteiger partial charge >= 0.3 is 0 Å². The van der Waals surface area contributed by atoms with E-state index in [1.807, 2.05) is 32.8 Å². The van der Waals surface area contributed by atoms with Crippen LogP contribution < -0.4 is 14.9 Å². The quantitative estimate of drug-likeness (QED) is 0.773. The van der Waals surface area contributed by atoms with E-state index in [2.05, 4.69) is 20.0 Å². The van der Waals surface area contributed by atoms with Crippen molar-refractivity contribution in [3.05, 3.63) is 11.3 Å². The highest BCUT2D eigenvalue weighted by atomic mass is 32.2. The van der Waals surface area contributed by atoms with Crippen molar-refractivity contribution < 1.29 is 8.42 Å². The second-order valence-corrected chi connectivity index (χ2v) is 6.47. The zero-order valence-electron chi connectivity index (χ0n) is 12.0. The van der Waals surface area contributed by atoms with Gasteiger partial charge in [0.15, 0.2) is 0 Å². The van der Waals surface area contributed by atoms with Crippen LogP contribution in [0.2, 0.25) is 0 Å². The number of anilines is 2. The molecule has 0 amide bonds. The largest absolute Gasteiger partial charge is 0.369 e. The van der Waals surface area contributed by atoms with Gasteiger partial charge in [-0.3, -0.25) is 0 Å². The van der Waals surface area contributed by atoms with Crippen molar-refractivity contribution in [2.75, 3.05) is 43.7 Å². The fraction of sp³-hybridized carbons (Fsp3) is 0.636. The van der Waals surface area contributed by atoms with Gasteiger partial charge in [-0.2, -0.15) is 4.98 Å². The average Bonchev–Trinajstić information content (AvgIpc) is 2.33. The van der Waals surface area contributed by atoms with E-state index in [0.29, 0.717) is 18.3 Å². The molecule has 7 nitrogen and oxygen atoms in total. The highest BCUT2D eigenvalue weighted by Gasteiger charge is 2.11. The second kappa shape index (κ2) is 6.16. The number of aromatic nitrogens is 2. The van der Waals surface area contributed by atoms with Crippen molar-refractivity contribution in [2.24, 2.45) is 0 Å². The molecule has 0 aliphatic rings. The first-order chi connectivity index (χ1) is 8.76. The summed E-state index contributed by atoms with van der Waals surface area (Å²) in [7, 11) is 1.92. The Balaban J connectivity index is 2.83. The summed E-state index contributed by atoms with van der Waals surface area (Å²) in [5, 5.41) is 3.04. The van der Waals surface area contributed by atoms with E-state index in [4.69, 9.17) is 0 Å². The lowest BCUT2D eigenvalue weighted by atomic mass is 10.2. The van der Waals surface area contributed by atoms with E-state index < -0.39 is 10.0 Å². The number of nitrogens with zero attached hydrogens (tertiary/aromatic N) is 3. The fourth-order valence-corrected chi connectivity index (χ4v) is 1.97. The van der Waals surface area contributed by atoms with Crippen molar-refractivity contribution >= 4 is 21.8 Å². The van der Waals surface area contributed by atoms with Gasteiger partial charge in [0.05, 0.1) is 5.75 Å². The normalized spacial score (nSPS) is 11.4. The number of sulfonamides is 1. The highest BCUT2D eigenvalue weighted by molar-refractivity contribution is 7.89. The van der Waals surface area contributed by atoms with Gasteiger partial charge in [-0.05, 0) is 20.9 Å². The predicted molar refractivity (Wildman–Crippen MR) is 77.2 cm³/mol. The first-order valence-corrected chi connectivity index (χ1v) is 7.59. The van der Waals surface area contributed by atoms with E-state index in [1.165, 1.54) is 7.05 Å². The third kappa shape index (κ3) is 4.32. The Kier molecular flexibility index (Phi) is 5.07. The zero-order valence-corrected chi connectivity index (χ0v) is 12.8. The molecule has 0 radical (unpaired) electrons. The van der Waals surface area contributed by atoms with Gasteiger partial charge in [0.1, 0.15) is 5.82 Å². The summed E-state index contributed by atoms with van der Waals surface area (Å²) >= 11 is 0. The first-order valence-electron chi connectivity index (χ1n) is 5.94. The van der Waals surface area contributed by atoms with Crippen LogP contribution in [0.5, 0.6) is 0 Å². The maximum absolute atomic E-state index is 11.3. The van der Waals surface area contributed by atoms with E-state index in [9.17, 15) is 8.42 Å². The minimum atomic E-state index is -3.21. The van der Waals surface area contributed by atoms with Crippen LogP contribution in [0.1, 0.15) is 11.3 Å². The van der Waals surface area contributed by atoms with Crippen LogP contribution in [-0.4, -0.2) is 51.8 Å². The van der Waals surface area contributed by atoms with Crippen molar-refractivity contribution in [3.63, 3.8) is 0 Å². The van der Waals surface area contributed by atoms with Crippen LogP contribution in [0, 0.1) is 13.8 Å². The molecule has 0 aromatic carbocycles. The molecule has 0 saturated carbocycles. The van der Waals surface area contributed by atoms with Crippen LogP contribution in [0.4, 0.5) is 11.8 Å². The smallest absolute Gasteiger partial charge is 0.227 e. The Hall–Kier alpha value is -1.41. The molecule has 0 aliphatic carbocycles. The number of aryl methyl sites for hydroxylation is 1. The van der Waals surface area contributed by atoms with Crippen LogP contribution >= 0.6 is 0 Å². The molecule has 8 heteroatoms. The average molecular weight is 287 g/mol. The maximum Gasteiger partial charge on any atom is 0.227 e. The van der Waals surface area contributed by atoms with E-state index >= 15 is 0 Å². The lowest BCUT2D eigenvalue weighted by Crippen LogP contribution is -2.26. The van der Waals surface area contributed by atoms with Gasteiger partial charge in [0.2, 0.25) is 16.0 Å². The molecule has 0 spiro atoms. The molecule has 0 aliphatic heterocycles. The molecule has 2 N–H and O–H groups in total. The maximum atomic E-state index is 11.3. The van der Waals surface area contributed by atoms with Gasteiger partial charge < -0.3 is 10.2 Å². The topological polar surface area (TPSA) is 87.2 Å². The lowest BCUT2D eigenvalue weighted by molar-refractivity contribution is 0.588. The van der Waals surface area contributed by atoms with Gasteiger partial charge in [-0.15, -0.1) is 0 Å². The lowest BCUT2D eigenvalue weighted by Gasteiger charge is -2.16. The third-order valence-electron chi connectivity index (χ3n) is 2.75. The molecular formula is C11H21N5O2S. The molecule has 1 rings (SSSR count). The second-order valence-electron chi connectivity index (χ2n) is 4.43. The summed E-state index contributed by atoms with van der Waals surface area (Å²) in [5.41, 5.74) is 1.80. The molecular weight excluding hydrogens is 266 g/mol. The summed E-state index contributed by atoms with van der Waals surface area (Å²) in [6, 6.07) is 0. The SMILES string of the molecule is CNS(=O)(=O)CCNc1nc(N(C)C)nc(C)c1C. The Morgan fingerprint density at radius 2 is 1.84 bits per heavy atom. The van der Waals surface area contributed by atoms with E-state index in [-0.39, 0.29) is 5.75 Å². The molecule has 1 heterocycles. The highest BCUT2D eigenvalue weighted by Crippen LogP contribution is 2.17. The van der Waals surface area contributed by atoms with Crippen LogP contribution in [0.15, 0.2) is 0 Å². The van der Waals surface area contributed by atoms with Gasteiger partial charge in [0.25, 0.3) is 0 Å². The minimum absolute atomic E-state index is 0.00326. The van der Waals surface area contributed by atoms with Crippen molar-refractivity contribution in [3.8, 4) is 0 Å². The Morgan fingerprint density at radius 1 is 1.21 bits per heavy atom. The summed E-state index contributed by atoms with van der Waals surface area (Å²) in [6.45, 7) is 4.11. The summed E-state index contributed by atoms with van der Waals surface area (Å²) in [5.74, 6) is 1.27. The van der Waals surface area contributed by atoms with E-state index in [0.717, 1.165) is 11.3 Å². The number of nitrogens with one attached hydrogen (secondary N) is 2. The first kappa shape index (κ1) is 15.6. The summed E-state index contributed by atoms with van der Waals surface area (Å²) < 4.78 is 24.9. The number of hydrogen-bond acceptors (Lipinski definition) is 6. The molecule has 1 aromatic rings. The minimum Gasteiger partial charge on any atom is -0.369 e. The van der Waals surface area contributed by atoms with Gasteiger partial charge in [-0.1, -0.05) is 0 Å².